The van der Waals surface area contributed by atoms with Crippen molar-refractivity contribution in [3.8, 4) is 0 Å². The second-order valence-corrected chi connectivity index (χ2v) is 4.90. The van der Waals surface area contributed by atoms with E-state index in [0.29, 0.717) is 19.6 Å². The Bertz CT molecular complexity index is 303. The van der Waals surface area contributed by atoms with Gasteiger partial charge in [0.25, 0.3) is 0 Å². The lowest BCUT2D eigenvalue weighted by atomic mass is 9.99. The van der Waals surface area contributed by atoms with Crippen molar-refractivity contribution in [3.05, 3.63) is 0 Å². The van der Waals surface area contributed by atoms with Crippen molar-refractivity contribution in [2.75, 3.05) is 13.2 Å². The lowest BCUT2D eigenvalue weighted by Crippen LogP contribution is -2.51. The number of hydrogen-bond acceptors (Lipinski definition) is 3. The molecule has 0 aromatic rings. The van der Waals surface area contributed by atoms with Gasteiger partial charge in [-0.2, -0.15) is 0 Å². The molecule has 1 N–H and O–H groups in total. The summed E-state index contributed by atoms with van der Waals surface area (Å²) in [7, 11) is 0. The van der Waals surface area contributed by atoms with E-state index in [2.05, 4.69) is 0 Å². The lowest BCUT2D eigenvalue weighted by molar-refractivity contribution is -0.155. The number of hydrogen-bond donors (Lipinski definition) is 1. The predicted molar refractivity (Wildman–Crippen MR) is 62.7 cm³/mol. The Morgan fingerprint density at radius 1 is 1.47 bits per heavy atom. The summed E-state index contributed by atoms with van der Waals surface area (Å²) in [6.07, 6.45) is 1.62. The Labute approximate surface area is 102 Å². The third-order valence-corrected chi connectivity index (χ3v) is 3.17. The molecule has 1 saturated heterocycles. The molecule has 0 bridgehead atoms. The van der Waals surface area contributed by atoms with Crippen LogP contribution >= 0.6 is 0 Å². The van der Waals surface area contributed by atoms with Crippen LogP contribution in [-0.2, 0) is 14.3 Å². The molecule has 1 fully saturated rings. The molecule has 17 heavy (non-hydrogen) atoms. The maximum absolute atomic E-state index is 11.9. The van der Waals surface area contributed by atoms with Crippen LogP contribution in [0.25, 0.3) is 0 Å². The summed E-state index contributed by atoms with van der Waals surface area (Å²) in [5.41, 5.74) is -1.03. The largest absolute Gasteiger partial charge is 0.480 e. The fourth-order valence-corrected chi connectivity index (χ4v) is 2.10. The second-order valence-electron chi connectivity index (χ2n) is 4.90. The molecule has 1 aliphatic rings. The van der Waals surface area contributed by atoms with E-state index in [9.17, 15) is 14.7 Å². The number of carboxylic acids is 1. The first kappa shape index (κ1) is 14.0. The van der Waals surface area contributed by atoms with Crippen LogP contribution in [-0.4, -0.2) is 46.7 Å². The Kier molecular flexibility index (Phi) is 4.51. The second kappa shape index (κ2) is 5.49. The van der Waals surface area contributed by atoms with Crippen molar-refractivity contribution < 1.29 is 19.4 Å². The molecule has 0 aliphatic carbocycles. The van der Waals surface area contributed by atoms with Crippen LogP contribution in [0.3, 0.4) is 0 Å². The monoisotopic (exact) mass is 243 g/mol. The van der Waals surface area contributed by atoms with Crippen molar-refractivity contribution in [1.29, 1.82) is 0 Å². The van der Waals surface area contributed by atoms with Crippen molar-refractivity contribution in [3.63, 3.8) is 0 Å². The molecular weight excluding hydrogens is 222 g/mol. The number of carboxylic acid groups (broad SMARTS) is 1. The van der Waals surface area contributed by atoms with Crippen LogP contribution in [0.4, 0.5) is 0 Å². The van der Waals surface area contributed by atoms with Crippen molar-refractivity contribution in [2.45, 2.75) is 51.7 Å². The number of nitrogens with zero attached hydrogens (tertiary/aromatic N) is 1. The number of aliphatic carboxylic acids is 1. The van der Waals surface area contributed by atoms with E-state index in [0.717, 1.165) is 6.42 Å². The van der Waals surface area contributed by atoms with Crippen LogP contribution in [0.2, 0.25) is 0 Å². The van der Waals surface area contributed by atoms with E-state index < -0.39 is 11.5 Å². The van der Waals surface area contributed by atoms with Crippen molar-refractivity contribution in [2.24, 2.45) is 0 Å². The summed E-state index contributed by atoms with van der Waals surface area (Å²) in [5, 5.41) is 9.18. The Balaban J connectivity index is 2.54. The predicted octanol–water partition coefficient (Wildman–Crippen LogP) is 1.27. The highest BCUT2D eigenvalue weighted by Gasteiger charge is 2.45. The lowest BCUT2D eigenvalue weighted by Gasteiger charge is -2.31. The average molecular weight is 243 g/mol. The first-order chi connectivity index (χ1) is 7.88. The van der Waals surface area contributed by atoms with Gasteiger partial charge in [-0.05, 0) is 33.6 Å². The number of likely N-dealkylation sites (tertiary alicyclic amines) is 1. The van der Waals surface area contributed by atoms with E-state index in [1.807, 2.05) is 13.8 Å². The van der Waals surface area contributed by atoms with E-state index in [4.69, 9.17) is 4.74 Å². The molecule has 0 radical (unpaired) electrons. The minimum Gasteiger partial charge on any atom is -0.480 e. The number of amides is 1. The molecule has 0 spiro atoms. The molecule has 5 heteroatoms. The van der Waals surface area contributed by atoms with Crippen LogP contribution < -0.4 is 0 Å². The molecule has 0 saturated carbocycles. The van der Waals surface area contributed by atoms with E-state index in [1.54, 1.807) is 6.92 Å². The third kappa shape index (κ3) is 3.19. The smallest absolute Gasteiger partial charge is 0.329 e. The van der Waals surface area contributed by atoms with Gasteiger partial charge >= 0.3 is 5.97 Å². The summed E-state index contributed by atoms with van der Waals surface area (Å²) in [5.74, 6) is -1.05. The van der Waals surface area contributed by atoms with E-state index >= 15 is 0 Å². The molecule has 1 aliphatic heterocycles. The summed E-state index contributed by atoms with van der Waals surface area (Å²) in [6, 6.07) is 0. The van der Waals surface area contributed by atoms with Gasteiger partial charge < -0.3 is 14.7 Å². The van der Waals surface area contributed by atoms with E-state index in [-0.39, 0.29) is 18.4 Å². The van der Waals surface area contributed by atoms with Gasteiger partial charge in [-0.1, -0.05) is 0 Å². The Hall–Kier alpha value is -1.10. The molecule has 1 heterocycles. The summed E-state index contributed by atoms with van der Waals surface area (Å²) >= 11 is 0. The quantitative estimate of drug-likeness (QED) is 0.789. The fraction of sp³-hybridized carbons (Fsp3) is 0.833. The molecule has 1 atom stereocenters. The number of ether oxygens (including phenoxy) is 1. The first-order valence-electron chi connectivity index (χ1n) is 6.03. The maximum Gasteiger partial charge on any atom is 0.329 e. The average Bonchev–Trinajstić information content (AvgIpc) is 2.61. The van der Waals surface area contributed by atoms with Gasteiger partial charge in [0, 0.05) is 6.54 Å². The molecule has 1 rings (SSSR count). The topological polar surface area (TPSA) is 66.8 Å². The number of rotatable bonds is 5. The zero-order valence-corrected chi connectivity index (χ0v) is 10.7. The van der Waals surface area contributed by atoms with Gasteiger partial charge in [-0.3, -0.25) is 4.79 Å². The van der Waals surface area contributed by atoms with Gasteiger partial charge in [0.2, 0.25) is 5.91 Å². The minimum absolute atomic E-state index is 0.0900. The van der Waals surface area contributed by atoms with Crippen LogP contribution in [0, 0.1) is 0 Å². The zero-order valence-electron chi connectivity index (χ0n) is 10.7. The SMILES string of the molecule is CC(C)OCCC(=O)N1CCCC1(C)C(=O)O. The molecule has 0 aromatic heterocycles. The highest BCUT2D eigenvalue weighted by atomic mass is 16.5. The fourth-order valence-electron chi connectivity index (χ4n) is 2.10. The Morgan fingerprint density at radius 2 is 2.12 bits per heavy atom. The van der Waals surface area contributed by atoms with Crippen LogP contribution in [0.15, 0.2) is 0 Å². The van der Waals surface area contributed by atoms with Crippen molar-refractivity contribution in [1.82, 2.24) is 4.90 Å². The summed E-state index contributed by atoms with van der Waals surface area (Å²) in [4.78, 5) is 24.6. The maximum atomic E-state index is 11.9. The van der Waals surface area contributed by atoms with Gasteiger partial charge in [0.15, 0.2) is 0 Å². The van der Waals surface area contributed by atoms with Crippen LogP contribution in [0.1, 0.15) is 40.0 Å². The summed E-state index contributed by atoms with van der Waals surface area (Å²) in [6.45, 7) is 6.30. The standard InChI is InChI=1S/C12H21NO4/c1-9(2)17-8-5-10(14)13-7-4-6-12(13,3)11(15)16/h9H,4-8H2,1-3H3,(H,15,16). The highest BCUT2D eigenvalue weighted by Crippen LogP contribution is 2.29. The molecular formula is C12H21NO4. The van der Waals surface area contributed by atoms with Gasteiger partial charge in [-0.25, -0.2) is 4.79 Å². The molecule has 0 aromatic carbocycles. The normalized spacial score (nSPS) is 24.4. The number of carbonyl (C=O) groups is 2. The molecule has 5 nitrogen and oxygen atoms in total. The zero-order chi connectivity index (χ0) is 13.1. The summed E-state index contributed by atoms with van der Waals surface area (Å²) < 4.78 is 5.31. The number of carbonyl (C=O) groups excluding carboxylic acids is 1. The highest BCUT2D eigenvalue weighted by molar-refractivity contribution is 5.87. The van der Waals surface area contributed by atoms with Gasteiger partial charge in [0.05, 0.1) is 19.1 Å². The molecule has 1 amide bonds. The van der Waals surface area contributed by atoms with Crippen LogP contribution in [0.5, 0.6) is 0 Å². The molecule has 98 valence electrons. The minimum atomic E-state index is -1.03. The Morgan fingerprint density at radius 3 is 2.65 bits per heavy atom. The molecule has 1 unspecified atom stereocenters. The van der Waals surface area contributed by atoms with Crippen molar-refractivity contribution >= 4 is 11.9 Å². The van der Waals surface area contributed by atoms with Gasteiger partial charge in [0.1, 0.15) is 5.54 Å². The first-order valence-corrected chi connectivity index (χ1v) is 6.03. The van der Waals surface area contributed by atoms with E-state index in [1.165, 1.54) is 4.90 Å². The third-order valence-electron chi connectivity index (χ3n) is 3.17. The van der Waals surface area contributed by atoms with Gasteiger partial charge in [-0.15, -0.1) is 0 Å².